The van der Waals surface area contributed by atoms with Crippen molar-refractivity contribution in [2.75, 3.05) is 5.32 Å². The Kier molecular flexibility index (Phi) is 4.73. The van der Waals surface area contributed by atoms with Crippen molar-refractivity contribution in [3.05, 3.63) is 59.9 Å². The van der Waals surface area contributed by atoms with Crippen molar-refractivity contribution >= 4 is 17.5 Å². The van der Waals surface area contributed by atoms with Gasteiger partial charge in [-0.1, -0.05) is 12.1 Å². The summed E-state index contributed by atoms with van der Waals surface area (Å²) in [6, 6.07) is 11.9. The van der Waals surface area contributed by atoms with Gasteiger partial charge in [0.1, 0.15) is 11.6 Å². The Morgan fingerprint density at radius 3 is 2.36 bits per heavy atom. The summed E-state index contributed by atoms with van der Waals surface area (Å²) in [6.45, 7) is 1.54. The third-order valence-electron chi connectivity index (χ3n) is 2.95. The van der Waals surface area contributed by atoms with Gasteiger partial charge in [-0.2, -0.15) is 0 Å². The average molecular weight is 302 g/mol. The fraction of sp³-hybridized carbons (Fsp3) is 0.125. The van der Waals surface area contributed by atoms with E-state index in [0.29, 0.717) is 11.3 Å². The van der Waals surface area contributed by atoms with Crippen LogP contribution in [0, 0.1) is 5.82 Å². The summed E-state index contributed by atoms with van der Waals surface area (Å²) in [5.41, 5.74) is 5.57. The van der Waals surface area contributed by atoms with Crippen LogP contribution in [0.3, 0.4) is 0 Å². The van der Waals surface area contributed by atoms with E-state index in [1.165, 1.54) is 49.4 Å². The van der Waals surface area contributed by atoms with Gasteiger partial charge in [0.2, 0.25) is 5.91 Å². The molecular weight excluding hydrogens is 287 g/mol. The number of nitrogens with one attached hydrogen (secondary N) is 1. The predicted molar refractivity (Wildman–Crippen MR) is 80.1 cm³/mol. The maximum atomic E-state index is 13.5. The first-order valence-electron chi connectivity index (χ1n) is 6.59. The molecule has 6 heteroatoms. The number of rotatable bonds is 5. The summed E-state index contributed by atoms with van der Waals surface area (Å²) in [5, 5.41) is 2.45. The third kappa shape index (κ3) is 3.82. The van der Waals surface area contributed by atoms with E-state index in [1.807, 2.05) is 0 Å². The molecular formula is C16H15FN2O3. The van der Waals surface area contributed by atoms with Crippen LogP contribution in [-0.2, 0) is 4.79 Å². The second kappa shape index (κ2) is 6.71. The fourth-order valence-electron chi connectivity index (χ4n) is 1.75. The summed E-state index contributed by atoms with van der Waals surface area (Å²) in [7, 11) is 0. The Bertz CT molecular complexity index is 686. The molecule has 22 heavy (non-hydrogen) atoms. The maximum absolute atomic E-state index is 13.5. The second-order valence-electron chi connectivity index (χ2n) is 4.62. The third-order valence-corrected chi connectivity index (χ3v) is 2.95. The van der Waals surface area contributed by atoms with E-state index >= 15 is 0 Å². The van der Waals surface area contributed by atoms with Crippen molar-refractivity contribution in [1.29, 1.82) is 0 Å². The molecule has 2 aromatic carbocycles. The van der Waals surface area contributed by atoms with E-state index in [1.54, 1.807) is 6.07 Å². The van der Waals surface area contributed by atoms with Gasteiger partial charge in [-0.15, -0.1) is 0 Å². The number of nitrogens with two attached hydrogens (primary N) is 1. The Hall–Kier alpha value is -2.89. The lowest BCUT2D eigenvalue weighted by atomic mass is 10.2. The highest BCUT2D eigenvalue weighted by Crippen LogP contribution is 2.16. The Labute approximate surface area is 126 Å². The molecule has 2 amide bonds. The molecule has 0 saturated carbocycles. The number of primary amides is 1. The minimum absolute atomic E-state index is 0.0898. The van der Waals surface area contributed by atoms with Crippen molar-refractivity contribution in [3.8, 4) is 5.75 Å². The predicted octanol–water partition coefficient (Wildman–Crippen LogP) is 2.33. The lowest BCUT2D eigenvalue weighted by molar-refractivity contribution is -0.122. The molecule has 0 spiro atoms. The minimum atomic E-state index is -0.834. The number of para-hydroxylation sites is 1. The molecule has 0 radical (unpaired) electrons. The number of anilines is 1. The standard InChI is InChI=1S/C16H15FN2O3/c1-10(16(21)19-14-5-3-2-4-13(14)17)22-12-8-6-11(7-9-12)15(18)20/h2-10H,1H3,(H2,18,20)(H,19,21)/t10-/m0/s1. The maximum Gasteiger partial charge on any atom is 0.265 e. The Morgan fingerprint density at radius 1 is 1.14 bits per heavy atom. The molecule has 1 atom stereocenters. The van der Waals surface area contributed by atoms with E-state index in [2.05, 4.69) is 5.32 Å². The van der Waals surface area contributed by atoms with Gasteiger partial charge in [0.05, 0.1) is 5.69 Å². The van der Waals surface area contributed by atoms with Gasteiger partial charge in [0.15, 0.2) is 6.10 Å². The second-order valence-corrected chi connectivity index (χ2v) is 4.62. The first-order chi connectivity index (χ1) is 10.5. The van der Waals surface area contributed by atoms with Crippen molar-refractivity contribution in [2.45, 2.75) is 13.0 Å². The van der Waals surface area contributed by atoms with Gasteiger partial charge in [-0.3, -0.25) is 9.59 Å². The molecule has 0 aromatic heterocycles. The SMILES string of the molecule is C[C@H](Oc1ccc(C(N)=O)cc1)C(=O)Nc1ccccc1F. The molecule has 114 valence electrons. The van der Waals surface area contributed by atoms with Crippen LogP contribution >= 0.6 is 0 Å². The Morgan fingerprint density at radius 2 is 1.77 bits per heavy atom. The highest BCUT2D eigenvalue weighted by Gasteiger charge is 2.16. The average Bonchev–Trinajstić information content (AvgIpc) is 2.50. The van der Waals surface area contributed by atoms with E-state index in [4.69, 9.17) is 10.5 Å². The van der Waals surface area contributed by atoms with Crippen LogP contribution in [0.4, 0.5) is 10.1 Å². The molecule has 3 N–H and O–H groups in total. The summed E-state index contributed by atoms with van der Waals surface area (Å²) >= 11 is 0. The van der Waals surface area contributed by atoms with Crippen LogP contribution in [0.25, 0.3) is 0 Å². The van der Waals surface area contributed by atoms with Crippen LogP contribution in [0.2, 0.25) is 0 Å². The van der Waals surface area contributed by atoms with Gasteiger partial charge in [0.25, 0.3) is 5.91 Å². The van der Waals surface area contributed by atoms with Crippen LogP contribution in [0.5, 0.6) is 5.75 Å². The zero-order chi connectivity index (χ0) is 16.1. The summed E-state index contributed by atoms with van der Waals surface area (Å²) < 4.78 is 18.9. The lowest BCUT2D eigenvalue weighted by Crippen LogP contribution is -2.30. The molecule has 2 aromatic rings. The largest absolute Gasteiger partial charge is 0.481 e. The van der Waals surface area contributed by atoms with Gasteiger partial charge < -0.3 is 15.8 Å². The quantitative estimate of drug-likeness (QED) is 0.889. The summed E-state index contributed by atoms with van der Waals surface area (Å²) in [4.78, 5) is 22.9. The number of amides is 2. The van der Waals surface area contributed by atoms with E-state index in [0.717, 1.165) is 0 Å². The molecule has 2 rings (SSSR count). The fourth-order valence-corrected chi connectivity index (χ4v) is 1.75. The number of carbonyl (C=O) groups is 2. The smallest absolute Gasteiger partial charge is 0.265 e. The van der Waals surface area contributed by atoms with Crippen molar-refractivity contribution in [1.82, 2.24) is 0 Å². The zero-order valence-corrected chi connectivity index (χ0v) is 11.9. The number of halogens is 1. The number of benzene rings is 2. The van der Waals surface area contributed by atoms with Gasteiger partial charge in [-0.05, 0) is 43.3 Å². The molecule has 0 aliphatic carbocycles. The van der Waals surface area contributed by atoms with E-state index in [-0.39, 0.29) is 5.69 Å². The number of carbonyl (C=O) groups excluding carboxylic acids is 2. The van der Waals surface area contributed by atoms with Gasteiger partial charge in [0, 0.05) is 5.56 Å². The highest BCUT2D eigenvalue weighted by atomic mass is 19.1. The van der Waals surface area contributed by atoms with E-state index in [9.17, 15) is 14.0 Å². The molecule has 0 bridgehead atoms. The van der Waals surface area contributed by atoms with Crippen LogP contribution < -0.4 is 15.8 Å². The number of hydrogen-bond donors (Lipinski definition) is 2. The minimum Gasteiger partial charge on any atom is -0.481 e. The van der Waals surface area contributed by atoms with E-state index < -0.39 is 23.7 Å². The zero-order valence-electron chi connectivity index (χ0n) is 11.9. The highest BCUT2D eigenvalue weighted by molar-refractivity contribution is 5.94. The molecule has 0 heterocycles. The summed E-state index contributed by atoms with van der Waals surface area (Å²) in [6.07, 6.45) is -0.834. The Balaban J connectivity index is 1.99. The van der Waals surface area contributed by atoms with Crippen LogP contribution in [0.1, 0.15) is 17.3 Å². The van der Waals surface area contributed by atoms with Crippen LogP contribution in [0.15, 0.2) is 48.5 Å². The first kappa shape index (κ1) is 15.5. The van der Waals surface area contributed by atoms with Crippen molar-refractivity contribution in [3.63, 3.8) is 0 Å². The van der Waals surface area contributed by atoms with Crippen molar-refractivity contribution < 1.29 is 18.7 Å². The van der Waals surface area contributed by atoms with Gasteiger partial charge in [-0.25, -0.2) is 4.39 Å². The normalized spacial score (nSPS) is 11.5. The first-order valence-corrected chi connectivity index (χ1v) is 6.59. The number of ether oxygens (including phenoxy) is 1. The molecule has 5 nitrogen and oxygen atoms in total. The van der Waals surface area contributed by atoms with Crippen molar-refractivity contribution in [2.24, 2.45) is 5.73 Å². The molecule has 0 unspecified atom stereocenters. The van der Waals surface area contributed by atoms with Crippen LogP contribution in [-0.4, -0.2) is 17.9 Å². The monoisotopic (exact) mass is 302 g/mol. The molecule has 0 aliphatic heterocycles. The molecule has 0 saturated heterocycles. The molecule has 0 fully saturated rings. The van der Waals surface area contributed by atoms with Gasteiger partial charge >= 0.3 is 0 Å². The lowest BCUT2D eigenvalue weighted by Gasteiger charge is -2.15. The summed E-state index contributed by atoms with van der Waals surface area (Å²) in [5.74, 6) is -1.14. The number of hydrogen-bond acceptors (Lipinski definition) is 3. The topological polar surface area (TPSA) is 81.4 Å². The molecule has 0 aliphatic rings.